The topological polar surface area (TPSA) is 73.9 Å². The number of hydrogen-bond acceptors (Lipinski definition) is 7. The lowest BCUT2D eigenvalue weighted by Gasteiger charge is -2.21. The van der Waals surface area contributed by atoms with E-state index in [1.807, 2.05) is 18.2 Å². The number of halogens is 1. The van der Waals surface area contributed by atoms with Crippen LogP contribution in [0.4, 0.5) is 5.69 Å². The van der Waals surface area contributed by atoms with E-state index in [1.54, 1.807) is 6.92 Å². The van der Waals surface area contributed by atoms with Gasteiger partial charge in [-0.05, 0) is 52.9 Å². The first kappa shape index (κ1) is 24.6. The van der Waals surface area contributed by atoms with Crippen molar-refractivity contribution < 1.29 is 23.8 Å². The Morgan fingerprint density at radius 2 is 2.00 bits per heavy atom. The Morgan fingerprint density at radius 1 is 1.22 bits per heavy atom. The number of hydrogen-bond donors (Lipinski definition) is 1. The zero-order valence-corrected chi connectivity index (χ0v) is 21.0. The van der Waals surface area contributed by atoms with Crippen LogP contribution in [-0.2, 0) is 14.3 Å². The van der Waals surface area contributed by atoms with Gasteiger partial charge in [-0.1, -0.05) is 44.2 Å². The van der Waals surface area contributed by atoms with Crippen LogP contribution in [-0.4, -0.2) is 38.8 Å². The van der Waals surface area contributed by atoms with E-state index in [0.717, 1.165) is 28.6 Å². The number of carbonyl (C=O) groups is 2. The van der Waals surface area contributed by atoms with Crippen LogP contribution >= 0.6 is 27.3 Å². The van der Waals surface area contributed by atoms with Crippen molar-refractivity contribution in [3.8, 4) is 16.2 Å². The highest BCUT2D eigenvalue weighted by Gasteiger charge is 2.25. The monoisotopic (exact) mass is 523 g/mol. The maximum absolute atomic E-state index is 12.3. The fourth-order valence-corrected chi connectivity index (χ4v) is 5.91. The number of nitrogens with one attached hydrogen (secondary N) is 1. The van der Waals surface area contributed by atoms with Gasteiger partial charge in [0.2, 0.25) is 0 Å². The van der Waals surface area contributed by atoms with Crippen LogP contribution in [0.5, 0.6) is 5.75 Å². The summed E-state index contributed by atoms with van der Waals surface area (Å²) in [4.78, 5) is 25.2. The molecule has 0 saturated heterocycles. The summed E-state index contributed by atoms with van der Waals surface area (Å²) in [6, 6.07) is 8.08. The molecule has 0 spiro atoms. The van der Waals surface area contributed by atoms with Crippen molar-refractivity contribution in [1.29, 1.82) is 0 Å². The number of rotatable bonds is 10. The number of methoxy groups -OCH3 is 1. The molecule has 1 heterocycles. The van der Waals surface area contributed by atoms with Crippen LogP contribution in [0.1, 0.15) is 55.1 Å². The second-order valence-electron chi connectivity index (χ2n) is 7.79. The maximum Gasteiger partial charge on any atom is 0.351 e. The molecule has 0 radical (unpaired) electrons. The molecule has 2 aromatic rings. The van der Waals surface area contributed by atoms with E-state index in [-0.39, 0.29) is 13.2 Å². The fraction of sp³-hybridized carbons (Fsp3) is 0.500. The Balaban J connectivity index is 1.75. The Bertz CT molecular complexity index is 923. The van der Waals surface area contributed by atoms with Crippen LogP contribution < -0.4 is 10.1 Å². The number of benzene rings is 1. The van der Waals surface area contributed by atoms with Crippen LogP contribution in [0.3, 0.4) is 0 Å². The van der Waals surface area contributed by atoms with Crippen molar-refractivity contribution in [2.45, 2.75) is 45.4 Å². The minimum Gasteiger partial charge on any atom is -0.479 e. The van der Waals surface area contributed by atoms with Crippen molar-refractivity contribution in [1.82, 2.24) is 0 Å². The molecule has 1 aliphatic rings. The van der Waals surface area contributed by atoms with Crippen LogP contribution in [0, 0.1) is 5.92 Å². The number of ether oxygens (including phenoxy) is 3. The Hall–Kier alpha value is -2.06. The first-order valence-electron chi connectivity index (χ1n) is 11.1. The SMILES string of the molecule is CCOC(=O)COc1c(C(=O)OC)sc(-c2cccc(NCCC3CCCCC3)c2)c1Br. The zero-order valence-electron chi connectivity index (χ0n) is 18.6. The number of anilines is 1. The lowest BCUT2D eigenvalue weighted by Crippen LogP contribution is -2.15. The largest absolute Gasteiger partial charge is 0.479 e. The first-order valence-corrected chi connectivity index (χ1v) is 12.7. The normalized spacial score (nSPS) is 14.1. The van der Waals surface area contributed by atoms with Gasteiger partial charge < -0.3 is 19.5 Å². The van der Waals surface area contributed by atoms with Gasteiger partial charge in [-0.25, -0.2) is 9.59 Å². The third-order valence-corrected chi connectivity index (χ3v) is 7.77. The molecule has 1 N–H and O–H groups in total. The molecule has 1 aromatic heterocycles. The van der Waals surface area contributed by atoms with Crippen LogP contribution in [0.2, 0.25) is 0 Å². The van der Waals surface area contributed by atoms with Gasteiger partial charge >= 0.3 is 11.9 Å². The van der Waals surface area contributed by atoms with E-state index in [1.165, 1.54) is 57.0 Å². The molecule has 6 nitrogen and oxygen atoms in total. The summed E-state index contributed by atoms with van der Waals surface area (Å²) in [6.45, 7) is 2.66. The molecule has 174 valence electrons. The molecule has 1 aliphatic carbocycles. The summed E-state index contributed by atoms with van der Waals surface area (Å²) in [5.74, 6) is 0.114. The smallest absolute Gasteiger partial charge is 0.351 e. The highest BCUT2D eigenvalue weighted by Crippen LogP contribution is 2.46. The standard InChI is InChI=1S/C24H30BrNO5S/c1-3-30-19(27)15-31-21-20(25)22(32-23(21)24(28)29-2)17-10-7-11-18(14-17)26-13-12-16-8-5-4-6-9-16/h7,10-11,14,16,26H,3-6,8-9,12-13,15H2,1-2H3. The molecule has 0 aliphatic heterocycles. The molecule has 0 unspecified atom stereocenters. The molecule has 8 heteroatoms. The summed E-state index contributed by atoms with van der Waals surface area (Å²) in [6.07, 6.45) is 7.96. The Kier molecular flexibility index (Phi) is 9.41. The lowest BCUT2D eigenvalue weighted by atomic mass is 9.87. The highest BCUT2D eigenvalue weighted by atomic mass is 79.9. The zero-order chi connectivity index (χ0) is 22.9. The summed E-state index contributed by atoms with van der Waals surface area (Å²) >= 11 is 4.83. The van der Waals surface area contributed by atoms with E-state index in [9.17, 15) is 9.59 Å². The number of carbonyl (C=O) groups excluding carboxylic acids is 2. The summed E-state index contributed by atoms with van der Waals surface area (Å²) < 4.78 is 16.1. The third kappa shape index (κ3) is 6.48. The van der Waals surface area contributed by atoms with Gasteiger partial charge in [0.25, 0.3) is 0 Å². The van der Waals surface area contributed by atoms with Gasteiger partial charge in [-0.3, -0.25) is 0 Å². The fourth-order valence-electron chi connectivity index (χ4n) is 3.94. The lowest BCUT2D eigenvalue weighted by molar-refractivity contribution is -0.145. The van der Waals surface area contributed by atoms with E-state index in [4.69, 9.17) is 14.2 Å². The molecular formula is C24H30BrNO5S. The second kappa shape index (κ2) is 12.3. The van der Waals surface area contributed by atoms with Crippen molar-refractivity contribution >= 4 is 44.9 Å². The van der Waals surface area contributed by atoms with Gasteiger partial charge in [-0.2, -0.15) is 0 Å². The van der Waals surface area contributed by atoms with Crippen LogP contribution in [0.25, 0.3) is 10.4 Å². The maximum atomic E-state index is 12.3. The number of thiophene rings is 1. The van der Waals surface area contributed by atoms with E-state index in [0.29, 0.717) is 15.1 Å². The van der Waals surface area contributed by atoms with Gasteiger partial charge in [0.1, 0.15) is 0 Å². The molecule has 1 aromatic carbocycles. The van der Waals surface area contributed by atoms with Gasteiger partial charge in [0.05, 0.1) is 23.1 Å². The average Bonchev–Trinajstić information content (AvgIpc) is 3.14. The predicted molar refractivity (Wildman–Crippen MR) is 131 cm³/mol. The van der Waals surface area contributed by atoms with Gasteiger partial charge in [0, 0.05) is 12.2 Å². The molecule has 1 saturated carbocycles. The second-order valence-corrected chi connectivity index (χ2v) is 9.60. The van der Waals surface area contributed by atoms with E-state index < -0.39 is 11.9 Å². The Morgan fingerprint density at radius 3 is 2.72 bits per heavy atom. The van der Waals surface area contributed by atoms with Gasteiger partial charge in [-0.15, -0.1) is 11.3 Å². The van der Waals surface area contributed by atoms with Crippen LogP contribution in [0.15, 0.2) is 28.7 Å². The molecular weight excluding hydrogens is 494 g/mol. The molecule has 0 amide bonds. The first-order chi connectivity index (χ1) is 15.5. The third-order valence-electron chi connectivity index (χ3n) is 5.55. The summed E-state index contributed by atoms with van der Waals surface area (Å²) in [7, 11) is 1.32. The Labute approximate surface area is 201 Å². The number of esters is 2. The van der Waals surface area contributed by atoms with Crippen molar-refractivity contribution in [2.24, 2.45) is 5.92 Å². The van der Waals surface area contributed by atoms with Crippen molar-refractivity contribution in [2.75, 3.05) is 32.2 Å². The minimum absolute atomic E-state index is 0.267. The molecule has 32 heavy (non-hydrogen) atoms. The highest BCUT2D eigenvalue weighted by molar-refractivity contribution is 9.10. The molecule has 0 bridgehead atoms. The quantitative estimate of drug-likeness (QED) is 0.369. The molecule has 0 atom stereocenters. The van der Waals surface area contributed by atoms with Crippen molar-refractivity contribution in [3.63, 3.8) is 0 Å². The predicted octanol–water partition coefficient (Wildman–Crippen LogP) is 6.29. The van der Waals surface area contributed by atoms with Crippen molar-refractivity contribution in [3.05, 3.63) is 33.6 Å². The summed E-state index contributed by atoms with van der Waals surface area (Å²) in [5.41, 5.74) is 1.98. The van der Waals surface area contributed by atoms with Gasteiger partial charge in [0.15, 0.2) is 17.2 Å². The minimum atomic E-state index is -0.512. The van der Waals surface area contributed by atoms with E-state index >= 15 is 0 Å². The van der Waals surface area contributed by atoms with E-state index in [2.05, 4.69) is 27.3 Å². The molecule has 3 rings (SSSR count). The average molecular weight is 524 g/mol. The molecule has 1 fully saturated rings. The summed E-state index contributed by atoms with van der Waals surface area (Å²) in [5, 5.41) is 3.54.